The van der Waals surface area contributed by atoms with Crippen molar-refractivity contribution in [2.75, 3.05) is 11.5 Å². The number of aromatic carboxylic acids is 4. The van der Waals surface area contributed by atoms with Gasteiger partial charge in [0.2, 0.25) is 9.84 Å². The standard InChI is InChI=1S/C14H8O8.C12H12N2O2S/c15-11(16)5-1-2-6(12(17)18)10-8(14(21)22)4-3-7(9(5)10)13(19)20;13-9-3-1-5-11(7-9)17(15,16)12-6-2-4-10(14)8-12/h1-4H,(H,15,16)(H,17,18)(H,19,20)(H,21,22);1-8H,13-14H2. The second kappa shape index (κ2) is 10.9. The fourth-order valence-electron chi connectivity index (χ4n) is 3.71. The normalized spacial score (nSPS) is 10.8. The van der Waals surface area contributed by atoms with Crippen LogP contribution in [0.25, 0.3) is 10.8 Å². The summed E-state index contributed by atoms with van der Waals surface area (Å²) < 4.78 is 24.5. The van der Waals surface area contributed by atoms with Crippen LogP contribution in [0.5, 0.6) is 0 Å². The number of fused-ring (bicyclic) bond motifs is 1. The predicted octanol–water partition coefficient (Wildman–Crippen LogP) is 3.32. The lowest BCUT2D eigenvalue weighted by Gasteiger charge is -2.11. The molecule has 13 heteroatoms. The molecule has 0 radical (unpaired) electrons. The first-order valence-electron chi connectivity index (χ1n) is 10.7. The number of benzene rings is 4. The first-order chi connectivity index (χ1) is 18.2. The Labute approximate surface area is 220 Å². The zero-order chi connectivity index (χ0) is 29.1. The highest BCUT2D eigenvalue weighted by molar-refractivity contribution is 7.91. The average Bonchev–Trinajstić information content (AvgIpc) is 2.87. The second-order valence-corrected chi connectivity index (χ2v) is 9.89. The maximum Gasteiger partial charge on any atom is 0.336 e. The number of sulfone groups is 1. The van der Waals surface area contributed by atoms with Crippen LogP contribution in [0.15, 0.2) is 82.6 Å². The predicted molar refractivity (Wildman–Crippen MR) is 139 cm³/mol. The van der Waals surface area contributed by atoms with Crippen molar-refractivity contribution < 1.29 is 48.0 Å². The van der Waals surface area contributed by atoms with Crippen molar-refractivity contribution in [1.29, 1.82) is 0 Å². The molecule has 0 aromatic heterocycles. The second-order valence-electron chi connectivity index (χ2n) is 7.94. The van der Waals surface area contributed by atoms with E-state index in [1.807, 2.05) is 0 Å². The van der Waals surface area contributed by atoms with Gasteiger partial charge in [0, 0.05) is 22.1 Å². The van der Waals surface area contributed by atoms with Gasteiger partial charge in [0.15, 0.2) is 0 Å². The highest BCUT2D eigenvalue weighted by atomic mass is 32.2. The van der Waals surface area contributed by atoms with E-state index in [1.165, 1.54) is 24.3 Å². The molecule has 0 aliphatic carbocycles. The monoisotopic (exact) mass is 552 g/mol. The molecule has 200 valence electrons. The van der Waals surface area contributed by atoms with Crippen LogP contribution in [-0.2, 0) is 9.84 Å². The van der Waals surface area contributed by atoms with Gasteiger partial charge in [-0.25, -0.2) is 27.6 Å². The van der Waals surface area contributed by atoms with E-state index in [9.17, 15) is 27.6 Å². The lowest BCUT2D eigenvalue weighted by Crippen LogP contribution is -2.11. The maximum absolute atomic E-state index is 12.2. The molecule has 0 aliphatic rings. The van der Waals surface area contributed by atoms with Crippen molar-refractivity contribution in [1.82, 2.24) is 0 Å². The Morgan fingerprint density at radius 3 is 1.03 bits per heavy atom. The van der Waals surface area contributed by atoms with E-state index in [1.54, 1.807) is 24.3 Å². The Balaban J connectivity index is 0.000000223. The summed E-state index contributed by atoms with van der Waals surface area (Å²) in [6, 6.07) is 16.1. The Morgan fingerprint density at radius 2 is 0.795 bits per heavy atom. The lowest BCUT2D eigenvalue weighted by atomic mass is 9.91. The summed E-state index contributed by atoms with van der Waals surface area (Å²) in [6.07, 6.45) is 0. The van der Waals surface area contributed by atoms with Crippen LogP contribution in [0.2, 0.25) is 0 Å². The van der Waals surface area contributed by atoms with Gasteiger partial charge in [-0.1, -0.05) is 12.1 Å². The van der Waals surface area contributed by atoms with Gasteiger partial charge < -0.3 is 31.9 Å². The van der Waals surface area contributed by atoms with Gasteiger partial charge in [-0.05, 0) is 60.7 Å². The zero-order valence-electron chi connectivity index (χ0n) is 19.7. The number of hydrogen-bond donors (Lipinski definition) is 6. The third-order valence-corrected chi connectivity index (χ3v) is 7.17. The molecule has 39 heavy (non-hydrogen) atoms. The highest BCUT2D eigenvalue weighted by Gasteiger charge is 2.25. The highest BCUT2D eigenvalue weighted by Crippen LogP contribution is 2.30. The molecular weight excluding hydrogens is 532 g/mol. The lowest BCUT2D eigenvalue weighted by molar-refractivity contribution is 0.0675. The number of nitrogen functional groups attached to an aromatic ring is 2. The molecule has 0 amide bonds. The fourth-order valence-corrected chi connectivity index (χ4v) is 5.08. The molecule has 8 N–H and O–H groups in total. The molecule has 0 heterocycles. The number of carboxylic acids is 4. The largest absolute Gasteiger partial charge is 0.478 e. The molecular formula is C26H20N2O10S. The minimum absolute atomic E-state index is 0.170. The van der Waals surface area contributed by atoms with Gasteiger partial charge in [0.1, 0.15) is 0 Å². The van der Waals surface area contributed by atoms with Crippen molar-refractivity contribution >= 4 is 55.9 Å². The van der Waals surface area contributed by atoms with Crippen molar-refractivity contribution in [3.05, 3.63) is 95.1 Å². The summed E-state index contributed by atoms with van der Waals surface area (Å²) >= 11 is 0. The van der Waals surface area contributed by atoms with Gasteiger partial charge >= 0.3 is 23.9 Å². The molecule has 4 aromatic carbocycles. The van der Waals surface area contributed by atoms with Gasteiger partial charge in [-0.3, -0.25) is 0 Å². The molecule has 0 bridgehead atoms. The van der Waals surface area contributed by atoms with Crippen molar-refractivity contribution in [3.63, 3.8) is 0 Å². The van der Waals surface area contributed by atoms with E-state index < -0.39 is 66.7 Å². The van der Waals surface area contributed by atoms with Crippen LogP contribution in [0.4, 0.5) is 11.4 Å². The van der Waals surface area contributed by atoms with E-state index in [4.69, 9.17) is 31.9 Å². The van der Waals surface area contributed by atoms with Crippen LogP contribution in [0.1, 0.15) is 41.4 Å². The Bertz CT molecular complexity index is 1580. The summed E-state index contributed by atoms with van der Waals surface area (Å²) in [6.45, 7) is 0. The van der Waals surface area contributed by atoms with Crippen molar-refractivity contribution in [3.8, 4) is 0 Å². The SMILES string of the molecule is Nc1cccc(S(=O)(=O)c2cccc(N)c2)c1.O=C(O)c1ccc(C(=O)O)c2c(C(=O)O)ccc(C(=O)O)c12. The molecule has 0 spiro atoms. The van der Waals surface area contributed by atoms with Gasteiger partial charge in [0.05, 0.1) is 32.0 Å². The van der Waals surface area contributed by atoms with E-state index >= 15 is 0 Å². The van der Waals surface area contributed by atoms with E-state index in [0.717, 1.165) is 24.3 Å². The minimum Gasteiger partial charge on any atom is -0.478 e. The molecule has 0 atom stereocenters. The van der Waals surface area contributed by atoms with E-state index in [-0.39, 0.29) is 9.79 Å². The summed E-state index contributed by atoms with van der Waals surface area (Å²) in [5.74, 6) is -5.97. The van der Waals surface area contributed by atoms with Gasteiger partial charge in [0.25, 0.3) is 0 Å². The molecule has 4 rings (SSSR count). The number of rotatable bonds is 6. The maximum atomic E-state index is 12.2. The Hall–Kier alpha value is -5.43. The Kier molecular flexibility index (Phi) is 7.87. The summed E-state index contributed by atoms with van der Waals surface area (Å²) in [5, 5.41) is 35.8. The molecule has 0 fully saturated rings. The molecule has 0 aliphatic heterocycles. The number of anilines is 2. The minimum atomic E-state index is -3.54. The van der Waals surface area contributed by atoms with Gasteiger partial charge in [-0.15, -0.1) is 0 Å². The first kappa shape index (κ1) is 28.1. The summed E-state index contributed by atoms with van der Waals surface area (Å²) in [5.41, 5.74) is 10.0. The number of hydrogen-bond acceptors (Lipinski definition) is 8. The smallest absolute Gasteiger partial charge is 0.336 e. The number of carbonyl (C=O) groups is 4. The molecule has 4 aromatic rings. The van der Waals surface area contributed by atoms with Crippen LogP contribution in [-0.4, -0.2) is 52.7 Å². The number of carboxylic acid groups (broad SMARTS) is 4. The van der Waals surface area contributed by atoms with Crippen LogP contribution in [0, 0.1) is 0 Å². The van der Waals surface area contributed by atoms with Crippen LogP contribution >= 0.6 is 0 Å². The molecule has 12 nitrogen and oxygen atoms in total. The zero-order valence-corrected chi connectivity index (χ0v) is 20.5. The van der Waals surface area contributed by atoms with Crippen LogP contribution < -0.4 is 11.5 Å². The Morgan fingerprint density at radius 1 is 0.513 bits per heavy atom. The van der Waals surface area contributed by atoms with E-state index in [0.29, 0.717) is 11.4 Å². The summed E-state index contributed by atoms with van der Waals surface area (Å²) in [4.78, 5) is 45.4. The first-order valence-corrected chi connectivity index (χ1v) is 12.2. The molecule has 0 unspecified atom stereocenters. The van der Waals surface area contributed by atoms with Gasteiger partial charge in [-0.2, -0.15) is 0 Å². The quantitative estimate of drug-likeness (QED) is 0.189. The van der Waals surface area contributed by atoms with Crippen molar-refractivity contribution in [2.45, 2.75) is 9.79 Å². The number of nitrogens with two attached hydrogens (primary N) is 2. The molecule has 0 saturated heterocycles. The third kappa shape index (κ3) is 5.78. The van der Waals surface area contributed by atoms with Crippen LogP contribution in [0.3, 0.4) is 0 Å². The fraction of sp³-hybridized carbons (Fsp3) is 0. The summed E-state index contributed by atoms with van der Waals surface area (Å²) in [7, 11) is -3.54. The third-order valence-electron chi connectivity index (χ3n) is 5.42. The average molecular weight is 553 g/mol. The molecule has 0 saturated carbocycles. The topological polar surface area (TPSA) is 235 Å². The van der Waals surface area contributed by atoms with Crippen molar-refractivity contribution in [2.24, 2.45) is 0 Å². The van der Waals surface area contributed by atoms with E-state index in [2.05, 4.69) is 0 Å².